The second-order valence-electron chi connectivity index (χ2n) is 7.68. The average molecular weight is 441 g/mol. The van der Waals surface area contributed by atoms with E-state index in [1.54, 1.807) is 12.1 Å². The molecule has 8 heteroatoms. The lowest BCUT2D eigenvalue weighted by Crippen LogP contribution is -2.24. The molecule has 0 fully saturated rings. The number of benzene rings is 3. The quantitative estimate of drug-likeness (QED) is 0.372. The zero-order valence-electron chi connectivity index (χ0n) is 18.0. The molecule has 3 N–H and O–H groups in total. The number of anilines is 1. The van der Waals surface area contributed by atoms with Crippen LogP contribution < -0.4 is 5.32 Å². The molecule has 8 nitrogen and oxygen atoms in total. The van der Waals surface area contributed by atoms with Crippen LogP contribution >= 0.6 is 0 Å². The predicted octanol–water partition coefficient (Wildman–Crippen LogP) is 4.44. The van der Waals surface area contributed by atoms with Crippen molar-refractivity contribution in [3.63, 3.8) is 0 Å². The lowest BCUT2D eigenvalue weighted by atomic mass is 9.93. The fourth-order valence-electron chi connectivity index (χ4n) is 3.72. The maximum Gasteiger partial charge on any atom is 0.335 e. The summed E-state index contributed by atoms with van der Waals surface area (Å²) in [5, 5.41) is 26.1. The second-order valence-corrected chi connectivity index (χ2v) is 7.68. The number of aromatic nitrogens is 4. The van der Waals surface area contributed by atoms with E-state index in [0.717, 1.165) is 22.3 Å². The van der Waals surface area contributed by atoms with Crippen LogP contribution in [0, 0.1) is 5.92 Å². The first kappa shape index (κ1) is 21.9. The van der Waals surface area contributed by atoms with Gasteiger partial charge in [-0.05, 0) is 58.2 Å². The Morgan fingerprint density at radius 3 is 2.42 bits per heavy atom. The molecule has 0 aliphatic heterocycles. The van der Waals surface area contributed by atoms with Gasteiger partial charge in [-0.25, -0.2) is 9.89 Å². The van der Waals surface area contributed by atoms with Gasteiger partial charge in [0.2, 0.25) is 5.91 Å². The number of nitrogens with zero attached hydrogens (tertiary/aromatic N) is 3. The number of carbonyl (C=O) groups is 2. The molecule has 4 aromatic rings. The van der Waals surface area contributed by atoms with Crippen LogP contribution in [0.3, 0.4) is 0 Å². The molecule has 4 rings (SSSR count). The Balaban J connectivity index is 1.48. The van der Waals surface area contributed by atoms with Gasteiger partial charge in [0, 0.05) is 17.2 Å². The van der Waals surface area contributed by atoms with Crippen molar-refractivity contribution in [3.05, 3.63) is 83.9 Å². The van der Waals surface area contributed by atoms with Crippen molar-refractivity contribution >= 4 is 17.6 Å². The van der Waals surface area contributed by atoms with E-state index in [4.69, 9.17) is 5.11 Å². The summed E-state index contributed by atoms with van der Waals surface area (Å²) in [6, 6.07) is 22.2. The van der Waals surface area contributed by atoms with Gasteiger partial charge < -0.3 is 10.4 Å². The summed E-state index contributed by atoms with van der Waals surface area (Å²) in [7, 11) is 0. The SMILES string of the molecule is CCC(Cc1ccc(-c2ccccc2-c2nnn[nH]2)cc1)C(=O)Nc1cccc(C(=O)O)c1. The molecule has 33 heavy (non-hydrogen) atoms. The largest absolute Gasteiger partial charge is 0.478 e. The van der Waals surface area contributed by atoms with Gasteiger partial charge >= 0.3 is 5.97 Å². The normalized spacial score (nSPS) is 11.7. The topological polar surface area (TPSA) is 121 Å². The van der Waals surface area contributed by atoms with Crippen molar-refractivity contribution in [3.8, 4) is 22.5 Å². The summed E-state index contributed by atoms with van der Waals surface area (Å²) in [5.74, 6) is -0.798. The Morgan fingerprint density at radius 1 is 1.00 bits per heavy atom. The van der Waals surface area contributed by atoms with Crippen LogP contribution in [0.4, 0.5) is 5.69 Å². The molecular weight excluding hydrogens is 418 g/mol. The van der Waals surface area contributed by atoms with Gasteiger partial charge in [-0.15, -0.1) is 5.10 Å². The second kappa shape index (κ2) is 9.86. The van der Waals surface area contributed by atoms with Gasteiger partial charge in [-0.1, -0.05) is 61.5 Å². The molecule has 1 amide bonds. The highest BCUT2D eigenvalue weighted by Gasteiger charge is 2.18. The predicted molar refractivity (Wildman–Crippen MR) is 125 cm³/mol. The molecule has 1 heterocycles. The van der Waals surface area contributed by atoms with Gasteiger partial charge in [0.25, 0.3) is 0 Å². The van der Waals surface area contributed by atoms with Crippen molar-refractivity contribution in [1.82, 2.24) is 20.6 Å². The number of carbonyl (C=O) groups excluding carboxylic acids is 1. The van der Waals surface area contributed by atoms with Crippen molar-refractivity contribution < 1.29 is 14.7 Å². The smallest absolute Gasteiger partial charge is 0.335 e. The Hall–Kier alpha value is -4.33. The lowest BCUT2D eigenvalue weighted by Gasteiger charge is -2.16. The number of carboxylic acid groups (broad SMARTS) is 1. The monoisotopic (exact) mass is 441 g/mol. The van der Waals surface area contributed by atoms with E-state index in [0.29, 0.717) is 24.4 Å². The van der Waals surface area contributed by atoms with E-state index in [1.165, 1.54) is 12.1 Å². The first-order valence-electron chi connectivity index (χ1n) is 10.6. The minimum absolute atomic E-state index is 0.132. The van der Waals surface area contributed by atoms with Crippen LogP contribution in [-0.4, -0.2) is 37.6 Å². The number of H-pyrrole nitrogens is 1. The van der Waals surface area contributed by atoms with E-state index >= 15 is 0 Å². The summed E-state index contributed by atoms with van der Waals surface area (Å²) in [6.45, 7) is 1.97. The van der Waals surface area contributed by atoms with Gasteiger partial charge in [-0.2, -0.15) is 0 Å². The maximum absolute atomic E-state index is 12.8. The Bertz CT molecular complexity index is 1250. The molecule has 0 saturated heterocycles. The Labute approximate surface area is 190 Å². The van der Waals surface area contributed by atoms with E-state index in [-0.39, 0.29) is 17.4 Å². The van der Waals surface area contributed by atoms with E-state index in [1.807, 2.05) is 55.5 Å². The molecule has 0 saturated carbocycles. The molecule has 166 valence electrons. The first-order chi connectivity index (χ1) is 16.0. The van der Waals surface area contributed by atoms with Crippen LogP contribution in [0.5, 0.6) is 0 Å². The fourth-order valence-corrected chi connectivity index (χ4v) is 3.72. The number of hydrogen-bond donors (Lipinski definition) is 3. The molecule has 0 bridgehead atoms. The number of aromatic amines is 1. The van der Waals surface area contributed by atoms with E-state index < -0.39 is 5.97 Å². The summed E-state index contributed by atoms with van der Waals surface area (Å²) < 4.78 is 0. The maximum atomic E-state index is 12.8. The lowest BCUT2D eigenvalue weighted by molar-refractivity contribution is -0.119. The van der Waals surface area contributed by atoms with Crippen LogP contribution in [0.1, 0.15) is 29.3 Å². The van der Waals surface area contributed by atoms with Crippen molar-refractivity contribution in [2.75, 3.05) is 5.32 Å². The van der Waals surface area contributed by atoms with Gasteiger partial charge in [-0.3, -0.25) is 4.79 Å². The van der Waals surface area contributed by atoms with Gasteiger partial charge in [0.1, 0.15) is 0 Å². The summed E-state index contributed by atoms with van der Waals surface area (Å²) in [6.07, 6.45) is 1.24. The summed E-state index contributed by atoms with van der Waals surface area (Å²) in [4.78, 5) is 24.0. The first-order valence-corrected chi connectivity index (χ1v) is 10.6. The third-order valence-corrected chi connectivity index (χ3v) is 5.52. The van der Waals surface area contributed by atoms with Gasteiger partial charge in [0.15, 0.2) is 5.82 Å². The van der Waals surface area contributed by atoms with E-state index in [9.17, 15) is 9.59 Å². The fraction of sp³-hybridized carbons (Fsp3) is 0.160. The zero-order valence-corrected chi connectivity index (χ0v) is 18.0. The number of carboxylic acids is 1. The van der Waals surface area contributed by atoms with Crippen molar-refractivity contribution in [1.29, 1.82) is 0 Å². The Morgan fingerprint density at radius 2 is 1.76 bits per heavy atom. The number of nitrogens with one attached hydrogen (secondary N) is 2. The van der Waals surface area contributed by atoms with Crippen molar-refractivity contribution in [2.24, 2.45) is 5.92 Å². The molecule has 1 unspecified atom stereocenters. The van der Waals surface area contributed by atoms with Crippen LogP contribution in [0.15, 0.2) is 72.8 Å². The molecular formula is C25H23N5O3. The average Bonchev–Trinajstić information content (AvgIpc) is 3.38. The third-order valence-electron chi connectivity index (χ3n) is 5.52. The van der Waals surface area contributed by atoms with Crippen molar-refractivity contribution in [2.45, 2.75) is 19.8 Å². The van der Waals surface area contributed by atoms with E-state index in [2.05, 4.69) is 25.9 Å². The number of aromatic carboxylic acids is 1. The molecule has 0 spiro atoms. The zero-order chi connectivity index (χ0) is 23.2. The number of rotatable bonds is 8. The molecule has 0 aliphatic carbocycles. The summed E-state index contributed by atoms with van der Waals surface area (Å²) in [5.41, 5.74) is 4.59. The third kappa shape index (κ3) is 5.12. The molecule has 0 aliphatic rings. The number of hydrogen-bond acceptors (Lipinski definition) is 5. The van der Waals surface area contributed by atoms with Crippen LogP contribution in [0.2, 0.25) is 0 Å². The van der Waals surface area contributed by atoms with Crippen LogP contribution in [0.25, 0.3) is 22.5 Å². The standard InChI is InChI=1S/C25H23N5O3/c1-2-17(24(31)26-20-7-5-6-19(15-20)25(32)33)14-16-10-12-18(13-11-16)21-8-3-4-9-22(21)23-27-29-30-28-23/h3-13,15,17H,2,14H2,1H3,(H,26,31)(H,32,33)(H,27,28,29,30). The van der Waals surface area contributed by atoms with Crippen LogP contribution in [-0.2, 0) is 11.2 Å². The molecule has 1 atom stereocenters. The minimum Gasteiger partial charge on any atom is -0.478 e. The number of amides is 1. The summed E-state index contributed by atoms with van der Waals surface area (Å²) >= 11 is 0. The minimum atomic E-state index is -1.03. The highest BCUT2D eigenvalue weighted by molar-refractivity contribution is 5.95. The molecule has 1 aromatic heterocycles. The Kier molecular flexibility index (Phi) is 6.54. The highest BCUT2D eigenvalue weighted by Crippen LogP contribution is 2.30. The molecule has 0 radical (unpaired) electrons. The molecule has 3 aromatic carbocycles. The van der Waals surface area contributed by atoms with Gasteiger partial charge in [0.05, 0.1) is 5.56 Å². The number of tetrazole rings is 1. The highest BCUT2D eigenvalue weighted by atomic mass is 16.4.